The number of carbonyl (C=O) groups excluding carboxylic acids is 1. The highest BCUT2D eigenvalue weighted by molar-refractivity contribution is 5.75. The van der Waals surface area contributed by atoms with E-state index in [1.807, 2.05) is 14.2 Å². The molecule has 8 heteroatoms. The molecule has 8 rings (SSSR count). The Morgan fingerprint density at radius 2 is 1.03 bits per heavy atom. The van der Waals surface area contributed by atoms with Crippen LogP contribution in [0.2, 0.25) is 0 Å². The molecule has 0 bridgehead atoms. The Labute approximate surface area is 397 Å². The van der Waals surface area contributed by atoms with Crippen LogP contribution < -0.4 is 5.32 Å². The molecule has 20 atom stereocenters. The SMILES string of the molecule is COCCOCCNC(=O)CC[C@@H](C)[C@H]1CC[C@H]2[C@@H]3[C@H](OC)C[C@@H]4C[C@H](C)CC[C@]4(C)[C@H]3CC[C@]12C.CO[C@@H]1C[C@@H]2C[C@H](C)CC[C@]2(C)[C@H]2CC[C@]3(C)[C@@H]([C@H](C)CCC(=O)O)CC[C@H]3[C@H]12. The summed E-state index contributed by atoms with van der Waals surface area (Å²) in [6.07, 6.45) is 25.4. The summed E-state index contributed by atoms with van der Waals surface area (Å²) in [6.45, 7) is 22.4. The maximum Gasteiger partial charge on any atom is 0.303 e. The topological polar surface area (TPSA) is 103 Å². The van der Waals surface area contributed by atoms with E-state index in [0.29, 0.717) is 96.7 Å². The number of rotatable bonds is 16. The Kier molecular flexibility index (Phi) is 17.0. The molecule has 8 fully saturated rings. The molecular weight excluding hydrogens is 811 g/mol. The first-order chi connectivity index (χ1) is 30.9. The molecule has 0 aromatic heterocycles. The number of carbonyl (C=O) groups is 2. The molecule has 65 heavy (non-hydrogen) atoms. The minimum absolute atomic E-state index is 0.165. The molecule has 0 aromatic carbocycles. The second-order valence-electron chi connectivity index (χ2n) is 25.6. The van der Waals surface area contributed by atoms with Crippen LogP contribution in [-0.4, -0.2) is 76.9 Å². The number of carboxylic acid groups (broad SMARTS) is 1. The van der Waals surface area contributed by atoms with Gasteiger partial charge in [-0.2, -0.15) is 0 Å². The van der Waals surface area contributed by atoms with E-state index in [2.05, 4.69) is 60.7 Å². The van der Waals surface area contributed by atoms with Gasteiger partial charge in [-0.1, -0.05) is 68.2 Å². The zero-order valence-electron chi connectivity index (χ0n) is 43.6. The lowest BCUT2D eigenvalue weighted by atomic mass is 9.43. The van der Waals surface area contributed by atoms with Crippen molar-refractivity contribution in [3.8, 4) is 0 Å². The van der Waals surface area contributed by atoms with Gasteiger partial charge in [-0.3, -0.25) is 9.59 Å². The van der Waals surface area contributed by atoms with Gasteiger partial charge in [0.05, 0.1) is 32.0 Å². The Bertz CT molecular complexity index is 1570. The summed E-state index contributed by atoms with van der Waals surface area (Å²) in [5, 5.41) is 12.2. The molecule has 0 aromatic rings. The smallest absolute Gasteiger partial charge is 0.303 e. The van der Waals surface area contributed by atoms with Crippen molar-refractivity contribution in [2.75, 3.05) is 47.7 Å². The van der Waals surface area contributed by atoms with Gasteiger partial charge in [0.2, 0.25) is 5.91 Å². The van der Waals surface area contributed by atoms with E-state index in [1.54, 1.807) is 7.11 Å². The minimum atomic E-state index is -0.641. The molecule has 0 spiro atoms. The highest BCUT2D eigenvalue weighted by atomic mass is 16.5. The molecule has 0 aliphatic heterocycles. The van der Waals surface area contributed by atoms with Crippen molar-refractivity contribution >= 4 is 11.9 Å². The third-order valence-electron chi connectivity index (χ3n) is 22.6. The van der Waals surface area contributed by atoms with E-state index in [-0.39, 0.29) is 5.91 Å². The maximum atomic E-state index is 12.5. The zero-order chi connectivity index (χ0) is 46.9. The van der Waals surface area contributed by atoms with Crippen molar-refractivity contribution in [3.63, 3.8) is 0 Å². The molecule has 8 aliphatic carbocycles. The summed E-state index contributed by atoms with van der Waals surface area (Å²) >= 11 is 0. The van der Waals surface area contributed by atoms with Gasteiger partial charge in [-0.15, -0.1) is 0 Å². The van der Waals surface area contributed by atoms with Crippen molar-refractivity contribution in [1.29, 1.82) is 0 Å². The van der Waals surface area contributed by atoms with Gasteiger partial charge in [0.15, 0.2) is 0 Å². The lowest BCUT2D eigenvalue weighted by Crippen LogP contribution is -2.58. The average Bonchev–Trinajstić information content (AvgIpc) is 3.83. The number of ether oxygens (including phenoxy) is 4. The van der Waals surface area contributed by atoms with Crippen molar-refractivity contribution < 1.29 is 33.6 Å². The summed E-state index contributed by atoms with van der Waals surface area (Å²) < 4.78 is 23.0. The summed E-state index contributed by atoms with van der Waals surface area (Å²) in [5.41, 5.74) is 1.80. The van der Waals surface area contributed by atoms with Gasteiger partial charge in [-0.25, -0.2) is 0 Å². The highest BCUT2D eigenvalue weighted by Crippen LogP contribution is 2.71. The molecule has 374 valence electrons. The van der Waals surface area contributed by atoms with Crippen molar-refractivity contribution in [2.24, 2.45) is 105 Å². The number of fused-ring (bicyclic) bond motifs is 10. The molecule has 8 saturated carbocycles. The van der Waals surface area contributed by atoms with Crippen LogP contribution in [-0.2, 0) is 28.5 Å². The lowest BCUT2D eigenvalue weighted by molar-refractivity contribution is -0.176. The number of nitrogens with one attached hydrogen (secondary N) is 1. The fraction of sp³-hybridized carbons (Fsp3) is 0.965. The van der Waals surface area contributed by atoms with Gasteiger partial charge in [-0.05, 0) is 207 Å². The fourth-order valence-corrected chi connectivity index (χ4v) is 19.0. The van der Waals surface area contributed by atoms with Crippen LogP contribution in [0.4, 0.5) is 0 Å². The largest absolute Gasteiger partial charge is 0.481 e. The van der Waals surface area contributed by atoms with Crippen LogP contribution in [0, 0.1) is 105 Å². The quantitative estimate of drug-likeness (QED) is 0.149. The first kappa shape index (κ1) is 51.6. The predicted octanol–water partition coefficient (Wildman–Crippen LogP) is 12.5. The third-order valence-corrected chi connectivity index (χ3v) is 22.6. The molecule has 0 heterocycles. The lowest BCUT2D eigenvalue weighted by Gasteiger charge is -2.63. The van der Waals surface area contributed by atoms with Crippen molar-refractivity contribution in [3.05, 3.63) is 0 Å². The monoisotopic (exact) mass is 910 g/mol. The average molecular weight is 910 g/mol. The van der Waals surface area contributed by atoms with Gasteiger partial charge in [0.25, 0.3) is 0 Å². The normalized spacial score (nSPS) is 46.1. The second kappa shape index (κ2) is 21.4. The Morgan fingerprint density at radius 1 is 0.585 bits per heavy atom. The van der Waals surface area contributed by atoms with Crippen LogP contribution >= 0.6 is 0 Å². The molecule has 0 saturated heterocycles. The summed E-state index contributed by atoms with van der Waals surface area (Å²) in [5.74, 6) is 10.1. The van der Waals surface area contributed by atoms with Crippen LogP contribution in [0.3, 0.4) is 0 Å². The van der Waals surface area contributed by atoms with Crippen LogP contribution in [0.5, 0.6) is 0 Å². The fourth-order valence-electron chi connectivity index (χ4n) is 19.0. The number of aliphatic carboxylic acids is 1. The Morgan fingerprint density at radius 3 is 1.48 bits per heavy atom. The molecule has 0 unspecified atom stereocenters. The van der Waals surface area contributed by atoms with Crippen molar-refractivity contribution in [2.45, 2.75) is 196 Å². The van der Waals surface area contributed by atoms with E-state index in [4.69, 9.17) is 24.1 Å². The van der Waals surface area contributed by atoms with Gasteiger partial charge >= 0.3 is 5.97 Å². The summed E-state index contributed by atoms with van der Waals surface area (Å²) in [6, 6.07) is 0. The van der Waals surface area contributed by atoms with E-state index in [9.17, 15) is 9.59 Å². The number of hydrogen-bond acceptors (Lipinski definition) is 6. The third kappa shape index (κ3) is 10.2. The van der Waals surface area contributed by atoms with Gasteiger partial charge in [0.1, 0.15) is 0 Å². The molecule has 1 amide bonds. The molecule has 2 N–H and O–H groups in total. The second-order valence-corrected chi connectivity index (χ2v) is 25.6. The van der Waals surface area contributed by atoms with E-state index in [1.165, 1.54) is 103 Å². The Balaban J connectivity index is 0.000000198. The minimum Gasteiger partial charge on any atom is -0.481 e. The predicted molar refractivity (Wildman–Crippen MR) is 261 cm³/mol. The Hall–Kier alpha value is -1.22. The molecule has 8 aliphatic rings. The maximum absolute atomic E-state index is 12.5. The number of methoxy groups -OCH3 is 3. The van der Waals surface area contributed by atoms with Crippen molar-refractivity contribution in [1.82, 2.24) is 5.32 Å². The van der Waals surface area contributed by atoms with Gasteiger partial charge in [0, 0.05) is 40.7 Å². The molecule has 8 nitrogen and oxygen atoms in total. The molecular formula is C57H99NO7. The summed E-state index contributed by atoms with van der Waals surface area (Å²) in [7, 11) is 5.62. The van der Waals surface area contributed by atoms with Crippen LogP contribution in [0.25, 0.3) is 0 Å². The number of carboxylic acids is 1. The highest BCUT2D eigenvalue weighted by Gasteiger charge is 2.65. The van der Waals surface area contributed by atoms with Crippen LogP contribution in [0.15, 0.2) is 0 Å². The first-order valence-corrected chi connectivity index (χ1v) is 27.6. The van der Waals surface area contributed by atoms with Gasteiger partial charge < -0.3 is 29.4 Å². The zero-order valence-corrected chi connectivity index (χ0v) is 43.6. The molecule has 0 radical (unpaired) electrons. The summed E-state index contributed by atoms with van der Waals surface area (Å²) in [4.78, 5) is 23.6. The van der Waals surface area contributed by atoms with Crippen LogP contribution in [0.1, 0.15) is 184 Å². The van der Waals surface area contributed by atoms with E-state index in [0.717, 1.165) is 72.0 Å². The first-order valence-electron chi connectivity index (χ1n) is 27.6. The number of amides is 1. The number of hydrogen-bond donors (Lipinski definition) is 2. The standard InChI is InChI=1S/C31H55NO4.C26H44O3/c1-21-11-13-30(3)23(19-21)20-27(35-6)29-25-9-8-24(31(25,4)14-12-26(29)30)22(2)7-10-28(33)32-15-16-36-18-17-34-5;1-16-10-12-25(3)18(14-16)15-22(29-5)24-20-8-7-19(17(2)6-9-23(27)28)26(20,4)13-11-21(24)25/h21-27,29H,7-20H2,1-6H3,(H,32,33);16-22,24H,6-15H2,1-5H3,(H,27,28)/t21-,22-,23+,24-,25+,26+,27-,29+,30+,31-;16-,17-,18+,19-,20+,21+,22-,24+,25+,26-/m11/s1. The van der Waals surface area contributed by atoms with E-state index < -0.39 is 5.97 Å². The van der Waals surface area contributed by atoms with E-state index >= 15 is 0 Å².